The van der Waals surface area contributed by atoms with Crippen molar-refractivity contribution in [3.05, 3.63) is 52.7 Å². The number of aliphatic imine (C=N–C) groups is 1. The van der Waals surface area contributed by atoms with E-state index in [9.17, 15) is 0 Å². The molecule has 0 radical (unpaired) electrons. The van der Waals surface area contributed by atoms with Crippen molar-refractivity contribution in [1.82, 2.24) is 15.1 Å². The summed E-state index contributed by atoms with van der Waals surface area (Å²) in [5.74, 6) is 2.42. The Morgan fingerprint density at radius 1 is 1.29 bits per heavy atom. The van der Waals surface area contributed by atoms with Gasteiger partial charge in [0.2, 0.25) is 0 Å². The summed E-state index contributed by atoms with van der Waals surface area (Å²) in [5, 5.41) is 5.78. The number of nitrogens with one attached hydrogen (secondary N) is 1. The fourth-order valence-corrected chi connectivity index (χ4v) is 4.90. The highest BCUT2D eigenvalue weighted by molar-refractivity contribution is 7.10. The summed E-state index contributed by atoms with van der Waals surface area (Å²) in [6.07, 6.45) is 2.50. The summed E-state index contributed by atoms with van der Waals surface area (Å²) in [5.41, 5.74) is 0. The zero-order chi connectivity index (χ0) is 19.8. The fourth-order valence-electron chi connectivity index (χ4n) is 3.91. The zero-order valence-electron chi connectivity index (χ0n) is 17.2. The van der Waals surface area contributed by atoms with E-state index < -0.39 is 0 Å². The number of piperidine rings is 1. The first-order valence-corrected chi connectivity index (χ1v) is 10.9. The molecule has 1 saturated heterocycles. The van der Waals surface area contributed by atoms with Gasteiger partial charge in [-0.25, -0.2) is 0 Å². The molecule has 0 saturated carbocycles. The number of rotatable bonds is 7. The summed E-state index contributed by atoms with van der Waals surface area (Å²) in [6.45, 7) is 3.52. The van der Waals surface area contributed by atoms with Gasteiger partial charge in [-0.05, 0) is 55.9 Å². The van der Waals surface area contributed by atoms with Gasteiger partial charge in [0.25, 0.3) is 0 Å². The molecule has 1 aliphatic heterocycles. The largest absolute Gasteiger partial charge is 0.492 e. The lowest BCUT2D eigenvalue weighted by Crippen LogP contribution is -2.46. The summed E-state index contributed by atoms with van der Waals surface area (Å²) in [6, 6.07) is 14.9. The zero-order valence-corrected chi connectivity index (χ0v) is 18.0. The van der Waals surface area contributed by atoms with Crippen LogP contribution in [-0.4, -0.2) is 63.1 Å². The maximum Gasteiger partial charge on any atom is 0.193 e. The summed E-state index contributed by atoms with van der Waals surface area (Å²) < 4.78 is 5.82. The molecule has 2 heterocycles. The van der Waals surface area contributed by atoms with Gasteiger partial charge in [0, 0.05) is 31.6 Å². The Hall–Kier alpha value is -2.05. The average Bonchev–Trinajstić information content (AvgIpc) is 3.23. The minimum atomic E-state index is 0.492. The molecule has 0 aliphatic carbocycles. The second-order valence-electron chi connectivity index (χ2n) is 7.35. The predicted molar refractivity (Wildman–Crippen MR) is 118 cm³/mol. The number of likely N-dealkylation sites (tertiary alicyclic amines) is 1. The minimum Gasteiger partial charge on any atom is -0.492 e. The Balaban J connectivity index is 1.50. The van der Waals surface area contributed by atoms with E-state index in [4.69, 9.17) is 4.74 Å². The van der Waals surface area contributed by atoms with Crippen LogP contribution in [0.3, 0.4) is 0 Å². The van der Waals surface area contributed by atoms with Crippen LogP contribution in [0, 0.1) is 5.92 Å². The van der Waals surface area contributed by atoms with Crippen LogP contribution in [0.1, 0.15) is 23.8 Å². The van der Waals surface area contributed by atoms with Crippen molar-refractivity contribution >= 4 is 17.3 Å². The van der Waals surface area contributed by atoms with Crippen LogP contribution in [0.25, 0.3) is 0 Å². The summed E-state index contributed by atoms with van der Waals surface area (Å²) in [7, 11) is 6.16. The molecule has 0 spiro atoms. The number of para-hydroxylation sites is 1. The van der Waals surface area contributed by atoms with Gasteiger partial charge in [-0.3, -0.25) is 9.89 Å². The van der Waals surface area contributed by atoms with Crippen molar-refractivity contribution in [2.75, 3.05) is 47.4 Å². The maximum absolute atomic E-state index is 5.82. The highest BCUT2D eigenvalue weighted by Crippen LogP contribution is 2.36. The van der Waals surface area contributed by atoms with Crippen LogP contribution in [0.2, 0.25) is 0 Å². The first kappa shape index (κ1) is 20.7. The van der Waals surface area contributed by atoms with Gasteiger partial charge < -0.3 is 15.0 Å². The number of guanidine groups is 1. The fraction of sp³-hybridized carbons (Fsp3) is 0.500. The highest BCUT2D eigenvalue weighted by Gasteiger charge is 2.31. The average molecular weight is 401 g/mol. The molecule has 2 atom stereocenters. The Bertz CT molecular complexity index is 719. The van der Waals surface area contributed by atoms with Gasteiger partial charge in [-0.15, -0.1) is 11.3 Å². The van der Waals surface area contributed by atoms with Crippen LogP contribution >= 0.6 is 11.3 Å². The summed E-state index contributed by atoms with van der Waals surface area (Å²) >= 11 is 1.87. The van der Waals surface area contributed by atoms with Crippen molar-refractivity contribution in [3.8, 4) is 5.75 Å². The number of likely N-dealkylation sites (N-methyl/N-ethyl adjacent to an activating group) is 1. The van der Waals surface area contributed by atoms with E-state index in [0.717, 1.165) is 24.8 Å². The Labute approximate surface area is 173 Å². The van der Waals surface area contributed by atoms with Crippen molar-refractivity contribution < 1.29 is 4.74 Å². The minimum absolute atomic E-state index is 0.492. The van der Waals surface area contributed by atoms with Crippen LogP contribution in [0.15, 0.2) is 52.8 Å². The lowest BCUT2D eigenvalue weighted by Gasteiger charge is -2.39. The van der Waals surface area contributed by atoms with Gasteiger partial charge in [0.15, 0.2) is 5.96 Å². The maximum atomic E-state index is 5.82. The molecule has 1 aromatic heterocycles. The lowest BCUT2D eigenvalue weighted by molar-refractivity contribution is 0.124. The first-order chi connectivity index (χ1) is 13.7. The smallest absolute Gasteiger partial charge is 0.193 e. The molecule has 2 unspecified atom stereocenters. The molecule has 2 aromatic rings. The van der Waals surface area contributed by atoms with Crippen molar-refractivity contribution in [1.29, 1.82) is 0 Å². The molecule has 0 bridgehead atoms. The van der Waals surface area contributed by atoms with E-state index in [1.54, 1.807) is 0 Å². The number of benzene rings is 1. The second-order valence-corrected chi connectivity index (χ2v) is 8.33. The van der Waals surface area contributed by atoms with E-state index in [0.29, 0.717) is 18.6 Å². The number of hydrogen-bond donors (Lipinski definition) is 1. The molecule has 1 aromatic carbocycles. The van der Waals surface area contributed by atoms with Gasteiger partial charge in [0.1, 0.15) is 12.4 Å². The lowest BCUT2D eigenvalue weighted by atomic mass is 9.88. The molecule has 1 aliphatic rings. The number of ether oxygens (including phenoxy) is 1. The molecule has 1 N–H and O–H groups in total. The molecule has 5 nitrogen and oxygen atoms in total. The van der Waals surface area contributed by atoms with Crippen LogP contribution in [0.5, 0.6) is 5.75 Å². The Kier molecular flexibility index (Phi) is 7.74. The van der Waals surface area contributed by atoms with E-state index in [2.05, 4.69) is 51.7 Å². The Morgan fingerprint density at radius 2 is 2.11 bits per heavy atom. The molecule has 152 valence electrons. The second kappa shape index (κ2) is 10.5. The molecule has 6 heteroatoms. The number of hydrogen-bond acceptors (Lipinski definition) is 4. The molecular formula is C22H32N4OS. The quantitative estimate of drug-likeness (QED) is 0.568. The highest BCUT2D eigenvalue weighted by atomic mass is 32.1. The monoisotopic (exact) mass is 400 g/mol. The van der Waals surface area contributed by atoms with Crippen LogP contribution < -0.4 is 10.1 Å². The van der Waals surface area contributed by atoms with E-state index >= 15 is 0 Å². The SMILES string of the molecule is CN=C(NCC1CCCN(C)C1c1cccs1)N(C)CCOc1ccccc1. The van der Waals surface area contributed by atoms with Crippen molar-refractivity contribution in [2.24, 2.45) is 10.9 Å². The van der Waals surface area contributed by atoms with Gasteiger partial charge in [-0.1, -0.05) is 24.3 Å². The molecule has 0 amide bonds. The molecule has 1 fully saturated rings. The topological polar surface area (TPSA) is 40.1 Å². The molecule has 3 rings (SSSR count). The van der Waals surface area contributed by atoms with Gasteiger partial charge in [-0.2, -0.15) is 0 Å². The van der Waals surface area contributed by atoms with E-state index in [1.807, 2.05) is 48.7 Å². The third-order valence-electron chi connectivity index (χ3n) is 5.38. The number of nitrogens with zero attached hydrogens (tertiary/aromatic N) is 3. The standard InChI is InChI=1S/C22H32N4OS/c1-23-22(26(3)14-15-27-19-10-5-4-6-11-19)24-17-18-9-7-13-25(2)21(18)20-12-8-16-28-20/h4-6,8,10-12,16,18,21H,7,9,13-15,17H2,1-3H3,(H,23,24). The normalized spacial score (nSPS) is 20.8. The summed E-state index contributed by atoms with van der Waals surface area (Å²) in [4.78, 5) is 10.6. The third-order valence-corrected chi connectivity index (χ3v) is 6.32. The predicted octanol–water partition coefficient (Wildman–Crippen LogP) is 3.72. The number of thiophene rings is 1. The van der Waals surface area contributed by atoms with Crippen molar-refractivity contribution in [2.45, 2.75) is 18.9 Å². The van der Waals surface area contributed by atoms with Crippen LogP contribution in [0.4, 0.5) is 0 Å². The molecule has 28 heavy (non-hydrogen) atoms. The Morgan fingerprint density at radius 3 is 2.82 bits per heavy atom. The van der Waals surface area contributed by atoms with Gasteiger partial charge >= 0.3 is 0 Å². The van der Waals surface area contributed by atoms with Crippen LogP contribution in [-0.2, 0) is 0 Å². The first-order valence-electron chi connectivity index (χ1n) is 10.0. The van der Waals surface area contributed by atoms with E-state index in [1.165, 1.54) is 24.3 Å². The van der Waals surface area contributed by atoms with Crippen molar-refractivity contribution in [3.63, 3.8) is 0 Å². The third kappa shape index (κ3) is 5.49. The van der Waals surface area contributed by atoms with E-state index in [-0.39, 0.29) is 0 Å². The van der Waals surface area contributed by atoms with Gasteiger partial charge in [0.05, 0.1) is 6.54 Å². The molecular weight excluding hydrogens is 368 g/mol.